The molecule has 0 atom stereocenters. The van der Waals surface area contributed by atoms with E-state index in [1.165, 1.54) is 0 Å². The highest BCUT2D eigenvalue weighted by atomic mass is 79.9. The lowest BCUT2D eigenvalue weighted by molar-refractivity contribution is 0.0471. The molecule has 0 aromatic heterocycles. The van der Waals surface area contributed by atoms with E-state index >= 15 is 0 Å². The van der Waals surface area contributed by atoms with Crippen LogP contribution in [0.1, 0.15) is 15.9 Å². The summed E-state index contributed by atoms with van der Waals surface area (Å²) in [5.41, 5.74) is 1.02. The van der Waals surface area contributed by atoms with Crippen LogP contribution in [0.4, 0.5) is 0 Å². The number of benzene rings is 2. The SMILES string of the molecule is O=C(OCc1c(Cl)cccc1Br)c1c(Cl)cccc1Br. The van der Waals surface area contributed by atoms with E-state index in [4.69, 9.17) is 27.9 Å². The molecule has 0 heterocycles. The summed E-state index contributed by atoms with van der Waals surface area (Å²) in [5.74, 6) is -0.505. The lowest BCUT2D eigenvalue weighted by Gasteiger charge is -2.10. The van der Waals surface area contributed by atoms with Crippen molar-refractivity contribution >= 4 is 61.0 Å². The Morgan fingerprint density at radius 1 is 1.00 bits per heavy atom. The maximum absolute atomic E-state index is 12.1. The molecule has 0 fully saturated rings. The Kier molecular flexibility index (Phi) is 5.49. The molecular formula is C14H8Br2Cl2O2. The lowest BCUT2D eigenvalue weighted by Crippen LogP contribution is -2.07. The second-order valence-corrected chi connectivity index (χ2v) is 6.40. The second-order valence-electron chi connectivity index (χ2n) is 3.87. The van der Waals surface area contributed by atoms with E-state index in [1.807, 2.05) is 12.1 Å². The fourth-order valence-electron chi connectivity index (χ4n) is 1.57. The predicted molar refractivity (Wildman–Crippen MR) is 87.4 cm³/mol. The molecule has 2 aromatic carbocycles. The first kappa shape index (κ1) is 15.8. The van der Waals surface area contributed by atoms with Gasteiger partial charge in [0.1, 0.15) is 6.61 Å². The highest BCUT2D eigenvalue weighted by Gasteiger charge is 2.16. The zero-order chi connectivity index (χ0) is 14.7. The molecule has 2 aromatic rings. The number of carbonyl (C=O) groups is 1. The summed E-state index contributed by atoms with van der Waals surface area (Å²) in [6, 6.07) is 10.5. The smallest absolute Gasteiger partial charge is 0.341 e. The summed E-state index contributed by atoms with van der Waals surface area (Å²) >= 11 is 18.7. The van der Waals surface area contributed by atoms with Crippen molar-refractivity contribution in [2.24, 2.45) is 0 Å². The molecule has 2 nitrogen and oxygen atoms in total. The van der Waals surface area contributed by atoms with Gasteiger partial charge in [0, 0.05) is 19.5 Å². The first-order valence-corrected chi connectivity index (χ1v) is 7.89. The van der Waals surface area contributed by atoms with Gasteiger partial charge in [0.05, 0.1) is 10.6 Å². The van der Waals surface area contributed by atoms with E-state index in [0.717, 1.165) is 4.47 Å². The Bertz CT molecular complexity index is 619. The van der Waals surface area contributed by atoms with Crippen LogP contribution in [0, 0.1) is 0 Å². The van der Waals surface area contributed by atoms with Crippen LogP contribution in [0.2, 0.25) is 10.0 Å². The van der Waals surface area contributed by atoms with Crippen LogP contribution in [0.5, 0.6) is 0 Å². The van der Waals surface area contributed by atoms with Crippen molar-refractivity contribution in [2.75, 3.05) is 0 Å². The van der Waals surface area contributed by atoms with Gasteiger partial charge in [0.25, 0.3) is 0 Å². The summed E-state index contributed by atoms with van der Waals surface area (Å²) in [4.78, 5) is 12.1. The van der Waals surface area contributed by atoms with Gasteiger partial charge in [0.2, 0.25) is 0 Å². The molecule has 0 aliphatic carbocycles. The number of ether oxygens (including phenoxy) is 1. The number of esters is 1. The fraction of sp³-hybridized carbons (Fsp3) is 0.0714. The van der Waals surface area contributed by atoms with E-state index in [9.17, 15) is 4.79 Å². The fourth-order valence-corrected chi connectivity index (χ4v) is 3.29. The Morgan fingerprint density at radius 3 is 2.20 bits per heavy atom. The van der Waals surface area contributed by atoms with Gasteiger partial charge in [-0.15, -0.1) is 0 Å². The molecule has 20 heavy (non-hydrogen) atoms. The Labute approximate surface area is 143 Å². The maximum Gasteiger partial charge on any atom is 0.341 e. The number of halogens is 4. The summed E-state index contributed by atoms with van der Waals surface area (Å²) in [6.07, 6.45) is 0. The molecule has 6 heteroatoms. The van der Waals surface area contributed by atoms with E-state index in [1.54, 1.807) is 24.3 Å². The van der Waals surface area contributed by atoms with Gasteiger partial charge in [-0.1, -0.05) is 51.3 Å². The highest BCUT2D eigenvalue weighted by Crippen LogP contribution is 2.28. The molecule has 0 saturated heterocycles. The molecule has 0 amide bonds. The van der Waals surface area contributed by atoms with Gasteiger partial charge in [-0.25, -0.2) is 4.79 Å². The number of hydrogen-bond acceptors (Lipinski definition) is 2. The zero-order valence-corrected chi connectivity index (χ0v) is 14.7. The topological polar surface area (TPSA) is 26.3 Å². The average Bonchev–Trinajstić information content (AvgIpc) is 2.38. The Hall–Kier alpha value is -0.550. The minimum absolute atomic E-state index is 0.0662. The van der Waals surface area contributed by atoms with E-state index in [2.05, 4.69) is 31.9 Å². The van der Waals surface area contributed by atoms with Gasteiger partial charge >= 0.3 is 5.97 Å². The first-order chi connectivity index (χ1) is 9.50. The van der Waals surface area contributed by atoms with Gasteiger partial charge < -0.3 is 4.74 Å². The van der Waals surface area contributed by atoms with Crippen molar-refractivity contribution in [3.63, 3.8) is 0 Å². The van der Waals surface area contributed by atoms with E-state index in [0.29, 0.717) is 25.6 Å². The van der Waals surface area contributed by atoms with Crippen LogP contribution in [0.15, 0.2) is 45.3 Å². The Morgan fingerprint density at radius 2 is 1.60 bits per heavy atom. The molecule has 0 unspecified atom stereocenters. The molecule has 0 aliphatic rings. The van der Waals surface area contributed by atoms with Crippen LogP contribution < -0.4 is 0 Å². The van der Waals surface area contributed by atoms with Gasteiger partial charge in [-0.3, -0.25) is 0 Å². The average molecular weight is 439 g/mol. The maximum atomic E-state index is 12.1. The van der Waals surface area contributed by atoms with Crippen LogP contribution >= 0.6 is 55.1 Å². The summed E-state index contributed by atoms with van der Waals surface area (Å²) in [6.45, 7) is 0.0662. The van der Waals surface area contributed by atoms with Crippen molar-refractivity contribution in [3.05, 3.63) is 66.5 Å². The van der Waals surface area contributed by atoms with Crippen molar-refractivity contribution < 1.29 is 9.53 Å². The van der Waals surface area contributed by atoms with Gasteiger partial charge in [0.15, 0.2) is 0 Å². The molecule has 0 aliphatic heterocycles. The normalized spacial score (nSPS) is 10.4. The zero-order valence-electron chi connectivity index (χ0n) is 10.00. The van der Waals surface area contributed by atoms with Gasteiger partial charge in [-0.2, -0.15) is 0 Å². The third kappa shape index (κ3) is 3.55. The van der Waals surface area contributed by atoms with Crippen molar-refractivity contribution in [1.29, 1.82) is 0 Å². The summed E-state index contributed by atoms with van der Waals surface area (Å²) in [7, 11) is 0. The third-order valence-corrected chi connectivity index (χ3v) is 4.65. The molecule has 0 radical (unpaired) electrons. The highest BCUT2D eigenvalue weighted by molar-refractivity contribution is 9.10. The molecule has 2 rings (SSSR count). The number of rotatable bonds is 3. The van der Waals surface area contributed by atoms with Crippen LogP contribution in [-0.4, -0.2) is 5.97 Å². The number of hydrogen-bond donors (Lipinski definition) is 0. The molecular weight excluding hydrogens is 431 g/mol. The third-order valence-electron chi connectivity index (χ3n) is 2.58. The van der Waals surface area contributed by atoms with E-state index in [-0.39, 0.29) is 6.61 Å². The first-order valence-electron chi connectivity index (χ1n) is 5.54. The molecule has 0 spiro atoms. The minimum atomic E-state index is -0.505. The molecule has 0 saturated carbocycles. The predicted octanol–water partition coefficient (Wildman–Crippen LogP) is 5.88. The molecule has 0 N–H and O–H groups in total. The summed E-state index contributed by atoms with van der Waals surface area (Å²) in [5, 5.41) is 0.869. The minimum Gasteiger partial charge on any atom is -0.457 e. The van der Waals surface area contributed by atoms with Crippen LogP contribution in [0.3, 0.4) is 0 Å². The van der Waals surface area contributed by atoms with Crippen molar-refractivity contribution in [3.8, 4) is 0 Å². The van der Waals surface area contributed by atoms with Crippen molar-refractivity contribution in [1.82, 2.24) is 0 Å². The summed E-state index contributed by atoms with van der Waals surface area (Å²) < 4.78 is 6.65. The Balaban J connectivity index is 2.17. The standard InChI is InChI=1S/C14H8Br2Cl2O2/c15-9-3-1-5-11(17)8(9)7-20-14(19)13-10(16)4-2-6-12(13)18/h1-6H,7H2. The van der Waals surface area contributed by atoms with Crippen LogP contribution in [-0.2, 0) is 11.3 Å². The number of carbonyl (C=O) groups excluding carboxylic acids is 1. The van der Waals surface area contributed by atoms with E-state index < -0.39 is 5.97 Å². The largest absolute Gasteiger partial charge is 0.457 e. The van der Waals surface area contributed by atoms with Crippen molar-refractivity contribution in [2.45, 2.75) is 6.61 Å². The second kappa shape index (κ2) is 6.94. The van der Waals surface area contributed by atoms with Crippen LogP contribution in [0.25, 0.3) is 0 Å². The van der Waals surface area contributed by atoms with Gasteiger partial charge in [-0.05, 0) is 40.2 Å². The molecule has 104 valence electrons. The lowest BCUT2D eigenvalue weighted by atomic mass is 10.2. The monoisotopic (exact) mass is 436 g/mol. The molecule has 0 bridgehead atoms. The quantitative estimate of drug-likeness (QED) is 0.560.